The summed E-state index contributed by atoms with van der Waals surface area (Å²) in [5.74, 6) is 1.97. The molecule has 0 aliphatic carbocycles. The molecule has 8 aromatic carbocycles. The van der Waals surface area contributed by atoms with Crippen molar-refractivity contribution in [1.82, 2.24) is 15.0 Å². The molecule has 0 aliphatic rings. The largest absolute Gasteiger partial charge is 0.208 e. The molecule has 2 aromatic heterocycles. The lowest BCUT2D eigenvalue weighted by Crippen LogP contribution is -2.02. The van der Waals surface area contributed by atoms with E-state index in [1.54, 1.807) is 11.3 Å². The number of rotatable bonds is 4. The fraction of sp³-hybridized carbons (Fsp3) is 0. The van der Waals surface area contributed by atoms with Gasteiger partial charge in [-0.1, -0.05) is 146 Å². The molecule has 3 nitrogen and oxygen atoms in total. The van der Waals surface area contributed by atoms with E-state index >= 15 is 0 Å². The Bertz CT molecular complexity index is 2890. The summed E-state index contributed by atoms with van der Waals surface area (Å²) in [5, 5.41) is 9.53. The van der Waals surface area contributed by atoms with Crippen molar-refractivity contribution in [2.75, 3.05) is 0 Å². The third kappa shape index (κ3) is 4.61. The normalized spacial score (nSPS) is 11.7. The molecule has 49 heavy (non-hydrogen) atoms. The maximum Gasteiger partial charge on any atom is 0.165 e. The first-order valence-corrected chi connectivity index (χ1v) is 17.3. The molecule has 0 saturated carbocycles. The van der Waals surface area contributed by atoms with Crippen LogP contribution in [0.1, 0.15) is 0 Å². The lowest BCUT2D eigenvalue weighted by Gasteiger charge is -2.15. The Morgan fingerprint density at radius 2 is 0.959 bits per heavy atom. The van der Waals surface area contributed by atoms with Crippen LogP contribution in [-0.4, -0.2) is 15.0 Å². The van der Waals surface area contributed by atoms with E-state index in [2.05, 4.69) is 158 Å². The van der Waals surface area contributed by atoms with Crippen molar-refractivity contribution in [3.8, 4) is 45.3 Å². The van der Waals surface area contributed by atoms with Crippen molar-refractivity contribution in [3.63, 3.8) is 0 Å². The monoisotopic (exact) mass is 641 g/mol. The van der Waals surface area contributed by atoms with Crippen molar-refractivity contribution in [1.29, 1.82) is 0 Å². The van der Waals surface area contributed by atoms with E-state index in [1.807, 2.05) is 6.07 Å². The van der Waals surface area contributed by atoms with Crippen LogP contribution in [0.2, 0.25) is 0 Å². The van der Waals surface area contributed by atoms with E-state index < -0.39 is 0 Å². The third-order valence-corrected chi connectivity index (χ3v) is 10.7. The molecule has 4 heteroatoms. The van der Waals surface area contributed by atoms with Crippen molar-refractivity contribution in [2.24, 2.45) is 0 Å². The molecule has 10 rings (SSSR count). The van der Waals surface area contributed by atoms with Crippen LogP contribution < -0.4 is 0 Å². The Balaban J connectivity index is 1.29. The molecule has 0 radical (unpaired) electrons. The van der Waals surface area contributed by atoms with Gasteiger partial charge in [0.15, 0.2) is 17.5 Å². The van der Waals surface area contributed by atoms with Crippen LogP contribution in [0.15, 0.2) is 164 Å². The van der Waals surface area contributed by atoms with E-state index in [4.69, 9.17) is 15.0 Å². The summed E-state index contributed by atoms with van der Waals surface area (Å²) in [6.45, 7) is 0. The minimum atomic E-state index is 0.651. The van der Waals surface area contributed by atoms with Gasteiger partial charge < -0.3 is 0 Å². The Hall–Kier alpha value is -6.23. The maximum absolute atomic E-state index is 5.34. The number of benzene rings is 8. The average Bonchev–Trinajstić information content (AvgIpc) is 3.55. The van der Waals surface area contributed by atoms with Gasteiger partial charge in [0.25, 0.3) is 0 Å². The third-order valence-electron chi connectivity index (χ3n) is 9.52. The Morgan fingerprint density at radius 3 is 1.84 bits per heavy atom. The van der Waals surface area contributed by atoms with Gasteiger partial charge >= 0.3 is 0 Å². The molecule has 228 valence electrons. The van der Waals surface area contributed by atoms with Gasteiger partial charge in [0.05, 0.1) is 0 Å². The quantitative estimate of drug-likeness (QED) is 0.142. The zero-order chi connectivity index (χ0) is 32.3. The van der Waals surface area contributed by atoms with Gasteiger partial charge in [-0.3, -0.25) is 0 Å². The maximum atomic E-state index is 5.34. The highest BCUT2D eigenvalue weighted by Crippen LogP contribution is 2.41. The number of nitrogens with zero attached hydrogens (tertiary/aromatic N) is 3. The van der Waals surface area contributed by atoms with E-state index in [1.165, 1.54) is 36.3 Å². The first-order chi connectivity index (χ1) is 24.3. The Morgan fingerprint density at radius 1 is 0.327 bits per heavy atom. The second-order valence-electron chi connectivity index (χ2n) is 12.4. The second-order valence-corrected chi connectivity index (χ2v) is 13.5. The molecule has 0 spiro atoms. The number of fused-ring (bicyclic) bond motifs is 7. The molecule has 10 aromatic rings. The Labute approximate surface area is 286 Å². The minimum Gasteiger partial charge on any atom is -0.208 e. The second kappa shape index (κ2) is 11.2. The smallest absolute Gasteiger partial charge is 0.165 e. The molecule has 2 heterocycles. The summed E-state index contributed by atoms with van der Waals surface area (Å²) >= 11 is 1.81. The zero-order valence-electron chi connectivity index (χ0n) is 26.3. The highest BCUT2D eigenvalue weighted by Gasteiger charge is 2.20. The molecule has 0 saturated heterocycles. The van der Waals surface area contributed by atoms with Crippen LogP contribution in [0.4, 0.5) is 0 Å². The van der Waals surface area contributed by atoms with Crippen LogP contribution in [0.5, 0.6) is 0 Å². The molecule has 0 aliphatic heterocycles. The van der Waals surface area contributed by atoms with Crippen molar-refractivity contribution < 1.29 is 0 Å². The molecular weight excluding hydrogens is 615 g/mol. The summed E-state index contributed by atoms with van der Waals surface area (Å²) in [7, 11) is 0. The van der Waals surface area contributed by atoms with Gasteiger partial charge in [-0.15, -0.1) is 11.3 Å². The van der Waals surface area contributed by atoms with Gasteiger partial charge in [0, 0.05) is 36.9 Å². The molecule has 0 N–H and O–H groups in total. The first-order valence-electron chi connectivity index (χ1n) is 16.4. The molecule has 0 amide bonds. The number of aromatic nitrogens is 3. The van der Waals surface area contributed by atoms with Crippen LogP contribution >= 0.6 is 11.3 Å². The van der Waals surface area contributed by atoms with E-state index in [-0.39, 0.29) is 0 Å². The number of thiophene rings is 1. The van der Waals surface area contributed by atoms with Crippen LogP contribution in [0.3, 0.4) is 0 Å². The van der Waals surface area contributed by atoms with Gasteiger partial charge in [-0.05, 0) is 61.6 Å². The lowest BCUT2D eigenvalue weighted by atomic mass is 9.93. The molecule has 0 unspecified atom stereocenters. The van der Waals surface area contributed by atoms with Crippen molar-refractivity contribution >= 4 is 63.8 Å². The summed E-state index contributed by atoms with van der Waals surface area (Å²) in [6, 6.07) is 58.0. The number of hydrogen-bond donors (Lipinski definition) is 0. The fourth-order valence-electron chi connectivity index (χ4n) is 7.21. The highest BCUT2D eigenvalue weighted by atomic mass is 32.1. The van der Waals surface area contributed by atoms with Crippen LogP contribution in [0.25, 0.3) is 97.8 Å². The van der Waals surface area contributed by atoms with E-state index in [0.29, 0.717) is 17.5 Å². The van der Waals surface area contributed by atoms with Crippen molar-refractivity contribution in [2.45, 2.75) is 0 Å². The molecular formula is C45H27N3S. The van der Waals surface area contributed by atoms with E-state index in [0.717, 1.165) is 44.0 Å². The van der Waals surface area contributed by atoms with Crippen LogP contribution in [0, 0.1) is 0 Å². The summed E-state index contributed by atoms with van der Waals surface area (Å²) in [4.78, 5) is 15.9. The fourth-order valence-corrected chi connectivity index (χ4v) is 8.36. The zero-order valence-corrected chi connectivity index (χ0v) is 27.2. The summed E-state index contributed by atoms with van der Waals surface area (Å²) < 4.78 is 2.49. The minimum absolute atomic E-state index is 0.651. The standard InChI is InChI=1S/C45H27N3S/c1-2-12-28(13-3-1)32-16-8-9-20-38(32)44-46-43(31-23-24-36-35-19-10-11-21-40(35)49-41(36)27-31)47-45(48-44)42-34-18-7-5-15-30(34)26-39-33-17-6-4-14-29(33)22-25-37(39)42/h1-27H. The predicted octanol–water partition coefficient (Wildman–Crippen LogP) is 12.4. The van der Waals surface area contributed by atoms with E-state index in [9.17, 15) is 0 Å². The highest BCUT2D eigenvalue weighted by molar-refractivity contribution is 7.25. The Kier molecular flexibility index (Phi) is 6.36. The van der Waals surface area contributed by atoms with Gasteiger partial charge in [-0.25, -0.2) is 15.0 Å². The summed E-state index contributed by atoms with van der Waals surface area (Å²) in [5.41, 5.74) is 5.16. The van der Waals surface area contributed by atoms with Crippen molar-refractivity contribution in [3.05, 3.63) is 164 Å². The topological polar surface area (TPSA) is 38.7 Å². The van der Waals surface area contributed by atoms with Gasteiger partial charge in [0.1, 0.15) is 0 Å². The molecule has 0 bridgehead atoms. The SMILES string of the molecule is c1ccc(-c2ccccc2-c2nc(-c3ccc4c(c3)sc3ccccc34)nc(-c3c4ccccc4cc4c3ccc3ccccc34)n2)cc1. The van der Waals surface area contributed by atoms with Crippen LogP contribution in [-0.2, 0) is 0 Å². The lowest BCUT2D eigenvalue weighted by molar-refractivity contribution is 1.08. The molecule has 0 fully saturated rings. The van der Waals surface area contributed by atoms with Gasteiger partial charge in [-0.2, -0.15) is 0 Å². The average molecular weight is 642 g/mol. The molecule has 0 atom stereocenters. The predicted molar refractivity (Wildman–Crippen MR) is 207 cm³/mol. The van der Waals surface area contributed by atoms with Gasteiger partial charge in [0.2, 0.25) is 0 Å². The first kappa shape index (κ1) is 27.8. The number of hydrogen-bond acceptors (Lipinski definition) is 4. The summed E-state index contributed by atoms with van der Waals surface area (Å²) in [6.07, 6.45) is 0.